The van der Waals surface area contributed by atoms with E-state index in [9.17, 15) is 0 Å². The molecule has 0 spiro atoms. The predicted molar refractivity (Wildman–Crippen MR) is 79.2 cm³/mol. The molecule has 0 N–H and O–H groups in total. The van der Waals surface area contributed by atoms with Gasteiger partial charge in [0.1, 0.15) is 11.2 Å². The van der Waals surface area contributed by atoms with Crippen molar-refractivity contribution < 1.29 is 0 Å². The first-order chi connectivity index (χ1) is 9.40. The first kappa shape index (κ1) is 10.6. The Morgan fingerprint density at radius 1 is 0.895 bits per heavy atom. The normalized spacial score (nSPS) is 11.2. The van der Waals surface area contributed by atoms with E-state index >= 15 is 0 Å². The van der Waals surface area contributed by atoms with E-state index in [0.717, 1.165) is 27.0 Å². The van der Waals surface area contributed by atoms with Gasteiger partial charge in [-0.2, -0.15) is 0 Å². The summed E-state index contributed by atoms with van der Waals surface area (Å²) < 4.78 is 1.19. The zero-order valence-corrected chi connectivity index (χ0v) is 10.8. The molecule has 19 heavy (non-hydrogen) atoms. The van der Waals surface area contributed by atoms with Crippen LogP contribution in [0.15, 0.2) is 54.6 Å². The van der Waals surface area contributed by atoms with Crippen molar-refractivity contribution in [1.29, 1.82) is 0 Å². The Bertz CT molecular complexity index is 847. The molecule has 3 heteroatoms. The average Bonchev–Trinajstić information content (AvgIpc) is 2.90. The topological polar surface area (TPSA) is 25.8 Å². The molecule has 0 unspecified atom stereocenters. The van der Waals surface area contributed by atoms with Gasteiger partial charge >= 0.3 is 0 Å². The number of rotatable bonds is 1. The van der Waals surface area contributed by atoms with Crippen molar-refractivity contribution >= 4 is 32.5 Å². The lowest BCUT2D eigenvalue weighted by Crippen LogP contribution is -1.82. The molecule has 1 radical (unpaired) electrons. The van der Waals surface area contributed by atoms with Crippen LogP contribution in [-0.4, -0.2) is 9.97 Å². The van der Waals surface area contributed by atoms with Gasteiger partial charge in [0, 0.05) is 10.9 Å². The quantitative estimate of drug-likeness (QED) is 0.510. The van der Waals surface area contributed by atoms with E-state index in [1.54, 1.807) is 11.3 Å². The summed E-state index contributed by atoms with van der Waals surface area (Å²) in [5.41, 5.74) is 2.95. The van der Waals surface area contributed by atoms with Crippen molar-refractivity contribution in [3.8, 4) is 10.6 Å². The lowest BCUT2D eigenvalue weighted by atomic mass is 10.2. The maximum atomic E-state index is 4.64. The minimum Gasteiger partial charge on any atom is -0.245 e. The Morgan fingerprint density at radius 3 is 2.58 bits per heavy atom. The number of nitrogens with zero attached hydrogens (tertiary/aromatic N) is 2. The van der Waals surface area contributed by atoms with Gasteiger partial charge in [-0.05, 0) is 24.3 Å². The van der Waals surface area contributed by atoms with Crippen LogP contribution in [-0.2, 0) is 0 Å². The van der Waals surface area contributed by atoms with E-state index in [2.05, 4.69) is 34.4 Å². The summed E-state index contributed by atoms with van der Waals surface area (Å²) in [7, 11) is 0. The molecule has 2 aromatic carbocycles. The minimum absolute atomic E-state index is 0.958. The lowest BCUT2D eigenvalue weighted by molar-refractivity contribution is 1.37. The number of benzene rings is 2. The van der Waals surface area contributed by atoms with Crippen LogP contribution < -0.4 is 0 Å². The van der Waals surface area contributed by atoms with Crippen LogP contribution in [0.5, 0.6) is 0 Å². The SMILES string of the molecule is [c]1nc2ccccc2cc1-c1nc2ccccc2s1. The highest BCUT2D eigenvalue weighted by molar-refractivity contribution is 7.21. The molecule has 0 amide bonds. The molecule has 0 bridgehead atoms. The third kappa shape index (κ3) is 1.79. The van der Waals surface area contributed by atoms with E-state index in [4.69, 9.17) is 0 Å². The maximum absolute atomic E-state index is 4.64. The Balaban J connectivity index is 1.93. The van der Waals surface area contributed by atoms with Crippen LogP contribution in [0.1, 0.15) is 0 Å². The van der Waals surface area contributed by atoms with Crippen molar-refractivity contribution in [2.75, 3.05) is 0 Å². The molecule has 0 fully saturated rings. The molecule has 89 valence electrons. The molecule has 0 saturated heterocycles. The molecule has 2 nitrogen and oxygen atoms in total. The molecule has 0 saturated carbocycles. The van der Waals surface area contributed by atoms with Gasteiger partial charge < -0.3 is 0 Å². The standard InChI is InChI=1S/C16H9N2S/c1-2-6-13-11(5-1)9-12(10-17-13)16-18-14-7-3-4-8-15(14)19-16/h1-9H. The number of aromatic nitrogens is 2. The van der Waals surface area contributed by atoms with Crippen LogP contribution in [0.3, 0.4) is 0 Å². The number of hydrogen-bond donors (Lipinski definition) is 0. The monoisotopic (exact) mass is 261 g/mol. The lowest BCUT2D eigenvalue weighted by Gasteiger charge is -1.98. The zero-order valence-electron chi connectivity index (χ0n) is 10.00. The van der Waals surface area contributed by atoms with Crippen LogP contribution in [0.25, 0.3) is 31.7 Å². The Hall–Kier alpha value is -2.26. The summed E-state index contributed by atoms with van der Waals surface area (Å²) in [6, 6.07) is 18.3. The fourth-order valence-corrected chi connectivity index (χ4v) is 3.05. The third-order valence-corrected chi connectivity index (χ3v) is 4.13. The van der Waals surface area contributed by atoms with Gasteiger partial charge in [-0.25, -0.2) is 9.97 Å². The molecule has 0 aliphatic heterocycles. The van der Waals surface area contributed by atoms with E-state index in [1.165, 1.54) is 4.70 Å². The van der Waals surface area contributed by atoms with Gasteiger partial charge in [0.2, 0.25) is 0 Å². The first-order valence-electron chi connectivity index (χ1n) is 6.03. The second kappa shape index (κ2) is 4.14. The smallest absolute Gasteiger partial charge is 0.126 e. The molecule has 4 aromatic rings. The summed E-state index contributed by atoms with van der Waals surface area (Å²) in [6.07, 6.45) is 3.09. The largest absolute Gasteiger partial charge is 0.245 e. The number of hydrogen-bond acceptors (Lipinski definition) is 3. The predicted octanol–water partition coefficient (Wildman–Crippen LogP) is 4.31. The van der Waals surface area contributed by atoms with E-state index in [0.29, 0.717) is 0 Å². The first-order valence-corrected chi connectivity index (χ1v) is 6.85. The highest BCUT2D eigenvalue weighted by Crippen LogP contribution is 2.30. The van der Waals surface area contributed by atoms with Crippen molar-refractivity contribution in [2.45, 2.75) is 0 Å². The fourth-order valence-electron chi connectivity index (χ4n) is 2.12. The van der Waals surface area contributed by atoms with Crippen molar-refractivity contribution in [1.82, 2.24) is 9.97 Å². The van der Waals surface area contributed by atoms with Crippen LogP contribution >= 0.6 is 11.3 Å². The minimum atomic E-state index is 0.958. The van der Waals surface area contributed by atoms with Gasteiger partial charge in [-0.1, -0.05) is 30.3 Å². The van der Waals surface area contributed by atoms with Gasteiger partial charge in [0.25, 0.3) is 0 Å². The summed E-state index contributed by atoms with van der Waals surface area (Å²) in [4.78, 5) is 9.01. The molecule has 4 rings (SSSR count). The number of fused-ring (bicyclic) bond motifs is 2. The van der Waals surface area contributed by atoms with Gasteiger partial charge in [-0.15, -0.1) is 11.3 Å². The second-order valence-corrected chi connectivity index (χ2v) is 5.36. The summed E-state index contributed by atoms with van der Waals surface area (Å²) in [5.74, 6) is 0. The highest BCUT2D eigenvalue weighted by atomic mass is 32.1. The summed E-state index contributed by atoms with van der Waals surface area (Å²) in [5, 5.41) is 2.09. The molecule has 2 aromatic heterocycles. The third-order valence-electron chi connectivity index (χ3n) is 3.06. The zero-order chi connectivity index (χ0) is 12.7. The second-order valence-electron chi connectivity index (χ2n) is 4.33. The Labute approximate surface area is 114 Å². The number of para-hydroxylation sites is 2. The number of pyridine rings is 1. The van der Waals surface area contributed by atoms with Gasteiger partial charge in [0.05, 0.1) is 15.7 Å². The van der Waals surface area contributed by atoms with E-state index in [1.807, 2.05) is 36.4 Å². The van der Waals surface area contributed by atoms with Crippen LogP contribution in [0.2, 0.25) is 0 Å². The molecule has 2 heterocycles. The molecule has 0 aliphatic rings. The molecular formula is C16H9N2S. The van der Waals surface area contributed by atoms with Crippen LogP contribution in [0, 0.1) is 6.20 Å². The van der Waals surface area contributed by atoms with Gasteiger partial charge in [-0.3, -0.25) is 0 Å². The van der Waals surface area contributed by atoms with Gasteiger partial charge in [0.15, 0.2) is 0 Å². The fraction of sp³-hybridized carbons (Fsp3) is 0. The van der Waals surface area contributed by atoms with Crippen molar-refractivity contribution in [3.63, 3.8) is 0 Å². The van der Waals surface area contributed by atoms with Crippen molar-refractivity contribution in [2.24, 2.45) is 0 Å². The van der Waals surface area contributed by atoms with Crippen molar-refractivity contribution in [3.05, 3.63) is 60.8 Å². The van der Waals surface area contributed by atoms with E-state index in [-0.39, 0.29) is 0 Å². The van der Waals surface area contributed by atoms with Crippen LogP contribution in [0.4, 0.5) is 0 Å². The Kier molecular flexibility index (Phi) is 2.32. The Morgan fingerprint density at radius 2 is 1.68 bits per heavy atom. The maximum Gasteiger partial charge on any atom is 0.126 e. The molecule has 0 atom stereocenters. The summed E-state index contributed by atoms with van der Waals surface area (Å²) in [6.45, 7) is 0. The molecule has 0 aliphatic carbocycles. The molecular weight excluding hydrogens is 252 g/mol. The average molecular weight is 261 g/mol. The number of thiazole rings is 1. The summed E-state index contributed by atoms with van der Waals surface area (Å²) >= 11 is 1.68. The van der Waals surface area contributed by atoms with E-state index < -0.39 is 0 Å². The highest BCUT2D eigenvalue weighted by Gasteiger charge is 2.07.